The Morgan fingerprint density at radius 2 is 1.31 bits per heavy atom. The predicted octanol–water partition coefficient (Wildman–Crippen LogP) is 13.7. The largest absolute Gasteiger partial charge is 0.0985 e. The van der Waals surface area contributed by atoms with Crippen LogP contribution in [0.15, 0.2) is 146 Å². The van der Waals surface area contributed by atoms with Crippen molar-refractivity contribution in [1.82, 2.24) is 0 Å². The van der Waals surface area contributed by atoms with Gasteiger partial charge in [0.05, 0.1) is 0 Å². The van der Waals surface area contributed by atoms with Crippen LogP contribution >= 0.6 is 0 Å². The van der Waals surface area contributed by atoms with Gasteiger partial charge in [-0.25, -0.2) is 0 Å². The van der Waals surface area contributed by atoms with E-state index in [0.717, 1.165) is 16.7 Å². The average molecular weight is 593 g/mol. The number of hydrogen-bond donors (Lipinski definition) is 0. The molecule has 1 aliphatic rings. The molecule has 0 nitrogen and oxygen atoms in total. The van der Waals surface area contributed by atoms with Gasteiger partial charge in [0.25, 0.3) is 0 Å². The molecule has 0 fully saturated rings. The lowest BCUT2D eigenvalue weighted by molar-refractivity contribution is 0.461. The number of allylic oxidation sites excluding steroid dienone is 4. The van der Waals surface area contributed by atoms with E-state index in [1.165, 1.54) is 63.1 Å². The van der Waals surface area contributed by atoms with Crippen molar-refractivity contribution < 1.29 is 0 Å². The molecule has 1 atom stereocenters. The first-order valence-electron chi connectivity index (χ1n) is 16.4. The average Bonchev–Trinajstić information content (AvgIpc) is 3.36. The third-order valence-corrected chi connectivity index (χ3v) is 8.83. The van der Waals surface area contributed by atoms with Gasteiger partial charge in [0.1, 0.15) is 0 Å². The Bertz CT molecular complexity index is 1810. The Kier molecular flexibility index (Phi) is 12.5. The molecule has 1 aliphatic carbocycles. The van der Waals surface area contributed by atoms with Crippen LogP contribution in [0, 0.1) is 13.8 Å². The zero-order valence-corrected chi connectivity index (χ0v) is 28.8. The van der Waals surface area contributed by atoms with E-state index < -0.39 is 0 Å². The van der Waals surface area contributed by atoms with E-state index in [4.69, 9.17) is 0 Å². The minimum atomic E-state index is 0.243. The topological polar surface area (TPSA) is 0 Å². The van der Waals surface area contributed by atoms with Gasteiger partial charge in [-0.1, -0.05) is 175 Å². The van der Waals surface area contributed by atoms with E-state index in [-0.39, 0.29) is 5.41 Å². The number of aryl methyl sites for hydroxylation is 2. The van der Waals surface area contributed by atoms with Crippen molar-refractivity contribution in [2.45, 2.75) is 73.1 Å². The second kappa shape index (κ2) is 16.1. The quantitative estimate of drug-likeness (QED) is 0.136. The molecule has 0 heteroatoms. The molecule has 0 aliphatic heterocycles. The fourth-order valence-corrected chi connectivity index (χ4v) is 6.45. The summed E-state index contributed by atoms with van der Waals surface area (Å²) in [5.41, 5.74) is 11.7. The third kappa shape index (κ3) is 7.46. The van der Waals surface area contributed by atoms with Gasteiger partial charge in [0.15, 0.2) is 0 Å². The van der Waals surface area contributed by atoms with Gasteiger partial charge in [0, 0.05) is 5.41 Å². The van der Waals surface area contributed by atoms with Crippen LogP contribution in [0.25, 0.3) is 32.7 Å². The van der Waals surface area contributed by atoms with Crippen LogP contribution in [-0.2, 0) is 5.41 Å². The van der Waals surface area contributed by atoms with E-state index >= 15 is 0 Å². The molecule has 1 unspecified atom stereocenters. The molecule has 0 N–H and O–H groups in total. The van der Waals surface area contributed by atoms with Crippen LogP contribution in [0.2, 0.25) is 0 Å². The molecule has 0 saturated carbocycles. The molecule has 0 saturated heterocycles. The molecule has 5 aromatic carbocycles. The normalized spacial score (nSPS) is 13.9. The first-order chi connectivity index (χ1) is 21.7. The molecule has 5 aromatic rings. The summed E-state index contributed by atoms with van der Waals surface area (Å²) in [7, 11) is 0. The molecule has 0 bridgehead atoms. The highest BCUT2D eigenvalue weighted by Gasteiger charge is 2.41. The summed E-state index contributed by atoms with van der Waals surface area (Å²) in [6.07, 6.45) is 5.35. The van der Waals surface area contributed by atoms with Gasteiger partial charge in [-0.05, 0) is 94.1 Å². The van der Waals surface area contributed by atoms with Crippen molar-refractivity contribution in [3.8, 4) is 11.1 Å². The van der Waals surface area contributed by atoms with Crippen molar-refractivity contribution in [2.75, 3.05) is 0 Å². The lowest BCUT2D eigenvalue weighted by Gasteiger charge is -2.30. The second-order valence-corrected chi connectivity index (χ2v) is 11.7. The molecule has 232 valence electrons. The minimum absolute atomic E-state index is 0.243. The zero-order chi connectivity index (χ0) is 33.1. The second-order valence-electron chi connectivity index (χ2n) is 11.7. The summed E-state index contributed by atoms with van der Waals surface area (Å²) >= 11 is 0. The van der Waals surface area contributed by atoms with Crippen LogP contribution in [-0.4, -0.2) is 0 Å². The van der Waals surface area contributed by atoms with Gasteiger partial charge >= 0.3 is 0 Å². The summed E-state index contributed by atoms with van der Waals surface area (Å²) in [6, 6.07) is 35.4. The first kappa shape index (κ1) is 35.1. The number of benzene rings is 5. The van der Waals surface area contributed by atoms with E-state index in [2.05, 4.69) is 151 Å². The predicted molar refractivity (Wildman–Crippen MR) is 203 cm³/mol. The summed E-state index contributed by atoms with van der Waals surface area (Å²) < 4.78 is 0. The van der Waals surface area contributed by atoms with Crippen molar-refractivity contribution in [3.05, 3.63) is 168 Å². The molecule has 45 heavy (non-hydrogen) atoms. The van der Waals surface area contributed by atoms with Crippen LogP contribution < -0.4 is 0 Å². The van der Waals surface area contributed by atoms with Crippen molar-refractivity contribution in [1.29, 1.82) is 0 Å². The Hall–Kier alpha value is -4.42. The van der Waals surface area contributed by atoms with Gasteiger partial charge in [-0.15, -0.1) is 0 Å². The summed E-state index contributed by atoms with van der Waals surface area (Å²) in [5.74, 6) is 0. The highest BCUT2D eigenvalue weighted by Crippen LogP contribution is 2.53. The van der Waals surface area contributed by atoms with Crippen LogP contribution in [0.3, 0.4) is 0 Å². The van der Waals surface area contributed by atoms with Crippen LogP contribution in [0.5, 0.6) is 0 Å². The van der Waals surface area contributed by atoms with Gasteiger partial charge in [-0.2, -0.15) is 0 Å². The fraction of sp³-hybridized carbons (Fsp3) is 0.244. The highest BCUT2D eigenvalue weighted by molar-refractivity contribution is 6.07. The SMILES string of the molecule is C=CC(=C)C(=C)C(=C)C.CC.CCCC1(CC)c2ccccc2-c2c(C)cccc21.Cc1ccc2ccc3ccccc3c2c1. The molecule has 0 spiro atoms. The number of rotatable bonds is 6. The maximum absolute atomic E-state index is 3.75. The van der Waals surface area contributed by atoms with E-state index in [1.807, 2.05) is 20.8 Å². The molecular formula is C45H52. The van der Waals surface area contributed by atoms with Gasteiger partial charge in [0.2, 0.25) is 0 Å². The Morgan fingerprint density at radius 3 is 1.93 bits per heavy atom. The van der Waals surface area contributed by atoms with E-state index in [9.17, 15) is 0 Å². The molecule has 0 amide bonds. The number of fused-ring (bicyclic) bond motifs is 6. The maximum atomic E-state index is 3.75. The lowest BCUT2D eigenvalue weighted by Crippen LogP contribution is -2.23. The first-order valence-corrected chi connectivity index (χ1v) is 16.4. The van der Waals surface area contributed by atoms with Gasteiger partial charge in [-0.3, -0.25) is 0 Å². The Balaban J connectivity index is 0.000000190. The van der Waals surface area contributed by atoms with Crippen molar-refractivity contribution in [2.24, 2.45) is 0 Å². The monoisotopic (exact) mass is 592 g/mol. The zero-order valence-electron chi connectivity index (χ0n) is 28.8. The molecule has 0 radical (unpaired) electrons. The van der Waals surface area contributed by atoms with E-state index in [0.29, 0.717) is 0 Å². The summed E-state index contributed by atoms with van der Waals surface area (Å²) in [5, 5.41) is 5.33. The maximum Gasteiger partial charge on any atom is 0.0212 e. The molecule has 6 rings (SSSR count). The summed E-state index contributed by atoms with van der Waals surface area (Å²) in [6.45, 7) is 29.7. The fourth-order valence-electron chi connectivity index (χ4n) is 6.45. The molecular weight excluding hydrogens is 540 g/mol. The van der Waals surface area contributed by atoms with Crippen molar-refractivity contribution >= 4 is 21.5 Å². The minimum Gasteiger partial charge on any atom is -0.0985 e. The molecule has 0 aromatic heterocycles. The Labute approximate surface area is 273 Å². The standard InChI is InChI=1S/C19H22.C15H12.C9H12.C2H6/c1-4-13-19(5-2)16-11-7-6-10-15(16)18-14(3)9-8-12-17(18)19;1-11-6-7-13-9-8-12-4-2-3-5-14(12)15(13)10-11;1-6-8(4)9(5)7(2)3;1-2/h6-12H,4-5,13H2,1-3H3;2-10H,1H3;6H,1-2,4-5H2,3H3;1-2H3. The third-order valence-electron chi connectivity index (χ3n) is 8.83. The van der Waals surface area contributed by atoms with Crippen molar-refractivity contribution in [3.63, 3.8) is 0 Å². The van der Waals surface area contributed by atoms with Crippen LogP contribution in [0.1, 0.15) is 76.1 Å². The smallest absolute Gasteiger partial charge is 0.0212 e. The Morgan fingerprint density at radius 1 is 0.711 bits per heavy atom. The van der Waals surface area contributed by atoms with Gasteiger partial charge < -0.3 is 0 Å². The van der Waals surface area contributed by atoms with E-state index in [1.54, 1.807) is 17.2 Å². The molecule has 0 heterocycles. The van der Waals surface area contributed by atoms with Crippen LogP contribution in [0.4, 0.5) is 0 Å². The summed E-state index contributed by atoms with van der Waals surface area (Å²) in [4.78, 5) is 0. The highest BCUT2D eigenvalue weighted by atomic mass is 14.4. The number of hydrogen-bond acceptors (Lipinski definition) is 0. The lowest BCUT2D eigenvalue weighted by atomic mass is 9.72.